The highest BCUT2D eigenvalue weighted by Crippen LogP contribution is 2.27. The highest BCUT2D eigenvalue weighted by Gasteiger charge is 2.14. The summed E-state index contributed by atoms with van der Waals surface area (Å²) in [5.74, 6) is -0.662. The number of alkyl halides is 2. The van der Waals surface area contributed by atoms with Crippen LogP contribution in [0.1, 0.15) is 24.0 Å². The van der Waals surface area contributed by atoms with E-state index in [0.29, 0.717) is 5.56 Å². The largest absolute Gasteiger partial charge is 0.508 e. The summed E-state index contributed by atoms with van der Waals surface area (Å²) >= 11 is 0. The molecule has 0 fully saturated rings. The predicted molar refractivity (Wildman–Crippen MR) is 53.4 cm³/mol. The van der Waals surface area contributed by atoms with Crippen LogP contribution in [0.3, 0.4) is 0 Å². The van der Waals surface area contributed by atoms with Crippen molar-refractivity contribution in [3.63, 3.8) is 0 Å². The first-order chi connectivity index (χ1) is 7.54. The third-order valence-corrected chi connectivity index (χ3v) is 2.19. The summed E-state index contributed by atoms with van der Waals surface area (Å²) in [7, 11) is 1.24. The number of aromatic hydroxyl groups is 1. The average molecular weight is 230 g/mol. The topological polar surface area (TPSA) is 46.5 Å². The number of methoxy groups -OCH3 is 1. The number of benzene rings is 1. The molecule has 0 atom stereocenters. The van der Waals surface area contributed by atoms with E-state index in [0.717, 1.165) is 6.07 Å². The lowest BCUT2D eigenvalue weighted by Crippen LogP contribution is -2.03. The molecule has 0 aromatic heterocycles. The molecular weight excluding hydrogens is 218 g/mol. The van der Waals surface area contributed by atoms with Gasteiger partial charge in [-0.2, -0.15) is 0 Å². The van der Waals surface area contributed by atoms with Gasteiger partial charge < -0.3 is 9.84 Å². The third-order valence-electron chi connectivity index (χ3n) is 2.19. The van der Waals surface area contributed by atoms with E-state index < -0.39 is 12.4 Å². The summed E-state index contributed by atoms with van der Waals surface area (Å²) < 4.78 is 29.6. The summed E-state index contributed by atoms with van der Waals surface area (Å²) in [6.45, 7) is 0. The Bertz CT molecular complexity index is 377. The highest BCUT2D eigenvalue weighted by molar-refractivity contribution is 5.69. The van der Waals surface area contributed by atoms with Crippen LogP contribution in [0.2, 0.25) is 0 Å². The Morgan fingerprint density at radius 2 is 2.19 bits per heavy atom. The van der Waals surface area contributed by atoms with Gasteiger partial charge in [0.1, 0.15) is 5.75 Å². The second kappa shape index (κ2) is 5.44. The normalized spacial score (nSPS) is 10.5. The Balaban J connectivity index is 2.82. The van der Waals surface area contributed by atoms with Gasteiger partial charge >= 0.3 is 5.97 Å². The lowest BCUT2D eigenvalue weighted by atomic mass is 10.0. The van der Waals surface area contributed by atoms with E-state index in [1.807, 2.05) is 0 Å². The molecule has 0 saturated heterocycles. The maximum atomic E-state index is 12.6. The van der Waals surface area contributed by atoms with E-state index in [1.165, 1.54) is 19.2 Å². The molecule has 0 saturated carbocycles. The van der Waals surface area contributed by atoms with Gasteiger partial charge in [-0.1, -0.05) is 6.07 Å². The molecule has 0 aliphatic heterocycles. The van der Waals surface area contributed by atoms with Gasteiger partial charge in [0.2, 0.25) is 0 Å². The first-order valence-corrected chi connectivity index (χ1v) is 4.71. The van der Waals surface area contributed by atoms with Crippen LogP contribution in [-0.4, -0.2) is 18.2 Å². The third kappa shape index (κ3) is 3.18. The molecule has 88 valence electrons. The number of aryl methyl sites for hydroxylation is 1. The molecule has 0 radical (unpaired) electrons. The van der Waals surface area contributed by atoms with Crippen molar-refractivity contribution in [3.05, 3.63) is 29.3 Å². The Kier molecular flexibility index (Phi) is 4.22. The minimum absolute atomic E-state index is 0.0427. The molecule has 1 aromatic carbocycles. The second-order valence-corrected chi connectivity index (χ2v) is 3.26. The van der Waals surface area contributed by atoms with Crippen LogP contribution < -0.4 is 0 Å². The molecule has 1 rings (SSSR count). The molecule has 0 aliphatic carbocycles. The van der Waals surface area contributed by atoms with Gasteiger partial charge in [0.25, 0.3) is 6.43 Å². The molecule has 3 nitrogen and oxygen atoms in total. The van der Waals surface area contributed by atoms with E-state index in [-0.39, 0.29) is 24.2 Å². The number of carbonyl (C=O) groups excluding carboxylic acids is 1. The van der Waals surface area contributed by atoms with E-state index >= 15 is 0 Å². The van der Waals surface area contributed by atoms with E-state index in [9.17, 15) is 13.6 Å². The van der Waals surface area contributed by atoms with Crippen molar-refractivity contribution in [2.45, 2.75) is 19.3 Å². The lowest BCUT2D eigenvalue weighted by molar-refractivity contribution is -0.140. The Labute approximate surface area is 91.7 Å². The number of esters is 1. The van der Waals surface area contributed by atoms with Gasteiger partial charge in [-0.05, 0) is 24.1 Å². The van der Waals surface area contributed by atoms with Gasteiger partial charge in [-0.3, -0.25) is 4.79 Å². The minimum atomic E-state index is -2.67. The fourth-order valence-corrected chi connectivity index (χ4v) is 1.35. The highest BCUT2D eigenvalue weighted by atomic mass is 19.3. The van der Waals surface area contributed by atoms with E-state index in [2.05, 4.69) is 4.74 Å². The number of phenols is 1. The van der Waals surface area contributed by atoms with Gasteiger partial charge in [-0.25, -0.2) is 8.78 Å². The van der Waals surface area contributed by atoms with Gasteiger partial charge in [0.15, 0.2) is 0 Å². The second-order valence-electron chi connectivity index (χ2n) is 3.26. The van der Waals surface area contributed by atoms with Crippen LogP contribution >= 0.6 is 0 Å². The number of carbonyl (C=O) groups is 1. The van der Waals surface area contributed by atoms with Crippen molar-refractivity contribution in [1.82, 2.24) is 0 Å². The maximum absolute atomic E-state index is 12.6. The molecule has 0 aliphatic rings. The zero-order chi connectivity index (χ0) is 12.1. The number of ether oxygens (including phenoxy) is 1. The predicted octanol–water partition coefficient (Wildman–Crippen LogP) is 2.44. The number of hydrogen-bond acceptors (Lipinski definition) is 3. The quantitative estimate of drug-likeness (QED) is 0.808. The molecule has 5 heteroatoms. The van der Waals surface area contributed by atoms with Crippen molar-refractivity contribution in [2.75, 3.05) is 7.11 Å². The maximum Gasteiger partial charge on any atom is 0.305 e. The number of hydrogen-bond donors (Lipinski definition) is 1. The van der Waals surface area contributed by atoms with E-state index in [1.54, 1.807) is 0 Å². The van der Waals surface area contributed by atoms with Gasteiger partial charge in [-0.15, -0.1) is 0 Å². The van der Waals surface area contributed by atoms with Crippen molar-refractivity contribution in [2.24, 2.45) is 0 Å². The molecule has 0 spiro atoms. The molecule has 1 aromatic rings. The zero-order valence-corrected chi connectivity index (χ0v) is 8.74. The fraction of sp³-hybridized carbons (Fsp3) is 0.364. The minimum Gasteiger partial charge on any atom is -0.508 e. The van der Waals surface area contributed by atoms with E-state index in [4.69, 9.17) is 5.11 Å². The summed E-state index contributed by atoms with van der Waals surface area (Å²) in [6.07, 6.45) is -2.45. The van der Waals surface area contributed by atoms with Gasteiger partial charge in [0, 0.05) is 12.0 Å². The SMILES string of the molecule is COC(=O)CCc1ccc(O)cc1C(F)F. The van der Waals surface area contributed by atoms with Crippen LogP contribution in [-0.2, 0) is 16.0 Å². The van der Waals surface area contributed by atoms with Crippen LogP contribution in [0.4, 0.5) is 8.78 Å². The summed E-state index contributed by atoms with van der Waals surface area (Å²) in [5, 5.41) is 9.09. The van der Waals surface area contributed by atoms with Crippen LogP contribution in [0.5, 0.6) is 5.75 Å². The van der Waals surface area contributed by atoms with Gasteiger partial charge in [0.05, 0.1) is 7.11 Å². The molecule has 16 heavy (non-hydrogen) atoms. The van der Waals surface area contributed by atoms with Crippen molar-refractivity contribution in [3.8, 4) is 5.75 Å². The lowest BCUT2D eigenvalue weighted by Gasteiger charge is -2.08. The molecule has 0 amide bonds. The van der Waals surface area contributed by atoms with Crippen LogP contribution in [0.15, 0.2) is 18.2 Å². The summed E-state index contributed by atoms with van der Waals surface area (Å²) in [4.78, 5) is 10.9. The standard InChI is InChI=1S/C11H12F2O3/c1-16-10(15)5-3-7-2-4-8(14)6-9(7)11(12)13/h2,4,6,11,14H,3,5H2,1H3. The van der Waals surface area contributed by atoms with Crippen LogP contribution in [0.25, 0.3) is 0 Å². The first kappa shape index (κ1) is 12.4. The van der Waals surface area contributed by atoms with Crippen molar-refractivity contribution in [1.29, 1.82) is 0 Å². The number of rotatable bonds is 4. The molecule has 1 N–H and O–H groups in total. The number of halogens is 2. The molecule has 0 heterocycles. The summed E-state index contributed by atoms with van der Waals surface area (Å²) in [5.41, 5.74) is 0.0992. The molecule has 0 unspecified atom stereocenters. The van der Waals surface area contributed by atoms with Crippen LogP contribution in [0, 0.1) is 0 Å². The van der Waals surface area contributed by atoms with Crippen molar-refractivity contribution < 1.29 is 23.4 Å². The smallest absolute Gasteiger partial charge is 0.305 e. The van der Waals surface area contributed by atoms with Crippen molar-refractivity contribution >= 4 is 5.97 Å². The average Bonchev–Trinajstić information content (AvgIpc) is 2.26. The number of phenolic OH excluding ortho intramolecular Hbond substituents is 1. The molecular formula is C11H12F2O3. The first-order valence-electron chi connectivity index (χ1n) is 4.71. The zero-order valence-electron chi connectivity index (χ0n) is 8.74. The molecule has 0 bridgehead atoms. The monoisotopic (exact) mass is 230 g/mol. The Morgan fingerprint density at radius 3 is 2.75 bits per heavy atom. The Hall–Kier alpha value is -1.65. The summed E-state index contributed by atoms with van der Waals surface area (Å²) in [6, 6.07) is 3.72. The Morgan fingerprint density at radius 1 is 1.50 bits per heavy atom. The fourth-order valence-electron chi connectivity index (χ4n) is 1.35.